The molecule has 0 saturated heterocycles. The Morgan fingerprint density at radius 1 is 1.62 bits per heavy atom. The van der Waals surface area contributed by atoms with Crippen LogP contribution >= 0.6 is 0 Å². The van der Waals surface area contributed by atoms with Gasteiger partial charge in [-0.25, -0.2) is 4.79 Å². The van der Waals surface area contributed by atoms with Crippen molar-refractivity contribution in [1.29, 1.82) is 0 Å². The predicted octanol–water partition coefficient (Wildman–Crippen LogP) is 1.58. The first kappa shape index (κ1) is 12.5. The van der Waals surface area contributed by atoms with Gasteiger partial charge in [0.05, 0.1) is 13.3 Å². The molecule has 0 aliphatic carbocycles. The number of nitrogens with one attached hydrogen (secondary N) is 1. The zero-order valence-corrected chi connectivity index (χ0v) is 9.90. The minimum absolute atomic E-state index is 0.373. The fourth-order valence-electron chi connectivity index (χ4n) is 1.44. The van der Waals surface area contributed by atoms with Crippen molar-refractivity contribution in [2.24, 2.45) is 0 Å². The van der Waals surface area contributed by atoms with E-state index in [1.807, 2.05) is 10.9 Å². The molecule has 5 nitrogen and oxygen atoms in total. The van der Waals surface area contributed by atoms with Crippen molar-refractivity contribution < 1.29 is 9.53 Å². The Morgan fingerprint density at radius 2 is 2.44 bits per heavy atom. The van der Waals surface area contributed by atoms with Gasteiger partial charge in [-0.05, 0) is 24.8 Å². The Balaban J connectivity index is 2.19. The van der Waals surface area contributed by atoms with Gasteiger partial charge < -0.3 is 10.1 Å². The molecule has 1 heterocycles. The normalized spacial score (nSPS) is 10.1. The minimum atomic E-state index is -0.373. The van der Waals surface area contributed by atoms with Gasteiger partial charge >= 0.3 is 6.09 Å². The second kappa shape index (κ2) is 6.87. The molecule has 16 heavy (non-hydrogen) atoms. The van der Waals surface area contributed by atoms with Crippen LogP contribution in [0.5, 0.6) is 0 Å². The number of hydrogen-bond donors (Lipinski definition) is 1. The second-order valence-corrected chi connectivity index (χ2v) is 3.63. The summed E-state index contributed by atoms with van der Waals surface area (Å²) in [7, 11) is 1.37. The van der Waals surface area contributed by atoms with Crippen molar-refractivity contribution in [3.63, 3.8) is 0 Å². The molecule has 0 radical (unpaired) electrons. The molecule has 0 aliphatic rings. The van der Waals surface area contributed by atoms with Crippen LogP contribution in [-0.2, 0) is 17.7 Å². The Bertz CT molecular complexity index is 323. The van der Waals surface area contributed by atoms with E-state index >= 15 is 0 Å². The summed E-state index contributed by atoms with van der Waals surface area (Å²) in [6.07, 6.45) is 6.47. The molecule has 1 aromatic heterocycles. The summed E-state index contributed by atoms with van der Waals surface area (Å²) in [5.41, 5.74) is 1.21. The van der Waals surface area contributed by atoms with E-state index in [9.17, 15) is 4.79 Å². The van der Waals surface area contributed by atoms with E-state index in [1.54, 1.807) is 0 Å². The lowest BCUT2D eigenvalue weighted by atomic mass is 10.2. The van der Waals surface area contributed by atoms with E-state index in [1.165, 1.54) is 12.7 Å². The zero-order chi connectivity index (χ0) is 11.8. The monoisotopic (exact) mass is 225 g/mol. The number of hydrogen-bond acceptors (Lipinski definition) is 3. The third-order valence-electron chi connectivity index (χ3n) is 2.24. The van der Waals surface area contributed by atoms with Crippen molar-refractivity contribution in [1.82, 2.24) is 15.1 Å². The quantitative estimate of drug-likeness (QED) is 0.748. The highest BCUT2D eigenvalue weighted by Gasteiger charge is 2.00. The maximum absolute atomic E-state index is 10.8. The molecular weight excluding hydrogens is 206 g/mol. The van der Waals surface area contributed by atoms with Crippen LogP contribution in [0.25, 0.3) is 0 Å². The van der Waals surface area contributed by atoms with E-state index in [2.05, 4.69) is 28.3 Å². The molecular formula is C11H19N3O2. The lowest BCUT2D eigenvalue weighted by molar-refractivity contribution is 0.171. The summed E-state index contributed by atoms with van der Waals surface area (Å²) in [5, 5.41) is 6.89. The van der Waals surface area contributed by atoms with Gasteiger partial charge in [-0.2, -0.15) is 5.10 Å². The largest absolute Gasteiger partial charge is 0.453 e. The number of carbonyl (C=O) groups excluding carboxylic acids is 1. The second-order valence-electron chi connectivity index (χ2n) is 3.63. The molecule has 0 spiro atoms. The van der Waals surface area contributed by atoms with Crippen LogP contribution in [-0.4, -0.2) is 29.5 Å². The van der Waals surface area contributed by atoms with Gasteiger partial charge in [0, 0.05) is 19.3 Å². The van der Waals surface area contributed by atoms with Gasteiger partial charge in [0.15, 0.2) is 0 Å². The number of amides is 1. The highest BCUT2D eigenvalue weighted by Crippen LogP contribution is 2.02. The highest BCUT2D eigenvalue weighted by atomic mass is 16.5. The Hall–Kier alpha value is -1.52. The molecule has 0 saturated carbocycles. The summed E-state index contributed by atoms with van der Waals surface area (Å²) in [5.74, 6) is 0. The molecule has 1 N–H and O–H groups in total. The smallest absolute Gasteiger partial charge is 0.406 e. The summed E-state index contributed by atoms with van der Waals surface area (Å²) in [6.45, 7) is 3.72. The maximum Gasteiger partial charge on any atom is 0.406 e. The van der Waals surface area contributed by atoms with Gasteiger partial charge in [0.25, 0.3) is 0 Å². The van der Waals surface area contributed by atoms with Crippen molar-refractivity contribution >= 4 is 6.09 Å². The Kier molecular flexibility index (Phi) is 5.39. The number of methoxy groups -OCH3 is 1. The number of alkyl carbamates (subject to hydrolysis) is 1. The molecule has 0 unspecified atom stereocenters. The standard InChI is InChI=1S/C11H19N3O2/c1-3-7-14-9-10(8-13-14)5-4-6-12-11(15)16-2/h8-9H,3-7H2,1-2H3,(H,12,15). The van der Waals surface area contributed by atoms with Crippen molar-refractivity contribution in [3.05, 3.63) is 18.0 Å². The van der Waals surface area contributed by atoms with Crippen LogP contribution in [0.3, 0.4) is 0 Å². The lowest BCUT2D eigenvalue weighted by Gasteiger charge is -2.01. The Morgan fingerprint density at radius 3 is 3.12 bits per heavy atom. The van der Waals surface area contributed by atoms with Crippen LogP contribution in [0.15, 0.2) is 12.4 Å². The molecule has 90 valence electrons. The number of nitrogens with zero attached hydrogens (tertiary/aromatic N) is 2. The molecule has 1 rings (SSSR count). The van der Waals surface area contributed by atoms with Gasteiger partial charge in [0.2, 0.25) is 0 Å². The molecule has 1 amide bonds. The van der Waals surface area contributed by atoms with Gasteiger partial charge in [-0.3, -0.25) is 4.68 Å². The van der Waals surface area contributed by atoms with Gasteiger partial charge in [0.1, 0.15) is 0 Å². The van der Waals surface area contributed by atoms with Crippen LogP contribution in [0.2, 0.25) is 0 Å². The molecule has 0 fully saturated rings. The van der Waals surface area contributed by atoms with Crippen LogP contribution in [0, 0.1) is 0 Å². The predicted molar refractivity (Wildman–Crippen MR) is 61.2 cm³/mol. The topological polar surface area (TPSA) is 56.2 Å². The average molecular weight is 225 g/mol. The van der Waals surface area contributed by atoms with E-state index in [0.717, 1.165) is 25.8 Å². The van der Waals surface area contributed by atoms with Crippen molar-refractivity contribution in [2.75, 3.05) is 13.7 Å². The lowest BCUT2D eigenvalue weighted by Crippen LogP contribution is -2.24. The number of aryl methyl sites for hydroxylation is 2. The molecule has 0 aromatic carbocycles. The fourth-order valence-corrected chi connectivity index (χ4v) is 1.44. The molecule has 5 heteroatoms. The number of ether oxygens (including phenoxy) is 1. The summed E-state index contributed by atoms with van der Waals surface area (Å²) in [6, 6.07) is 0. The highest BCUT2D eigenvalue weighted by molar-refractivity contribution is 5.66. The number of carbonyl (C=O) groups is 1. The van der Waals surface area contributed by atoms with Gasteiger partial charge in [-0.1, -0.05) is 6.92 Å². The summed E-state index contributed by atoms with van der Waals surface area (Å²) < 4.78 is 6.42. The molecule has 0 bridgehead atoms. The van der Waals surface area contributed by atoms with E-state index in [4.69, 9.17) is 0 Å². The third kappa shape index (κ3) is 4.33. The number of aromatic nitrogens is 2. The van der Waals surface area contributed by atoms with Crippen molar-refractivity contribution in [3.8, 4) is 0 Å². The van der Waals surface area contributed by atoms with E-state index < -0.39 is 0 Å². The SMILES string of the molecule is CCCn1cc(CCCNC(=O)OC)cn1. The first-order chi connectivity index (χ1) is 7.76. The summed E-state index contributed by atoms with van der Waals surface area (Å²) >= 11 is 0. The Labute approximate surface area is 95.8 Å². The molecule has 1 aromatic rings. The first-order valence-electron chi connectivity index (χ1n) is 5.59. The van der Waals surface area contributed by atoms with E-state index in [0.29, 0.717) is 6.54 Å². The maximum atomic E-state index is 10.8. The minimum Gasteiger partial charge on any atom is -0.453 e. The molecule has 0 aliphatic heterocycles. The summed E-state index contributed by atoms with van der Waals surface area (Å²) in [4.78, 5) is 10.8. The van der Waals surface area contributed by atoms with Crippen LogP contribution < -0.4 is 5.32 Å². The van der Waals surface area contributed by atoms with Crippen molar-refractivity contribution in [2.45, 2.75) is 32.7 Å². The van der Waals surface area contributed by atoms with E-state index in [-0.39, 0.29) is 6.09 Å². The fraction of sp³-hybridized carbons (Fsp3) is 0.636. The number of rotatable bonds is 6. The average Bonchev–Trinajstić information content (AvgIpc) is 2.72. The van der Waals surface area contributed by atoms with Gasteiger partial charge in [-0.15, -0.1) is 0 Å². The zero-order valence-electron chi connectivity index (χ0n) is 9.90. The van der Waals surface area contributed by atoms with Crippen LogP contribution in [0.4, 0.5) is 4.79 Å². The van der Waals surface area contributed by atoms with Crippen LogP contribution in [0.1, 0.15) is 25.3 Å². The molecule has 0 atom stereocenters. The third-order valence-corrected chi connectivity index (χ3v) is 2.24. The first-order valence-corrected chi connectivity index (χ1v) is 5.59.